The van der Waals surface area contributed by atoms with Crippen LogP contribution in [0.25, 0.3) is 0 Å². The van der Waals surface area contributed by atoms with Crippen molar-refractivity contribution in [2.24, 2.45) is 0 Å². The second-order valence-corrected chi connectivity index (χ2v) is 4.17. The Morgan fingerprint density at radius 1 is 1.41 bits per heavy atom. The number of hydrogen-bond acceptors (Lipinski definition) is 4. The molecule has 4 nitrogen and oxygen atoms in total. The first-order valence-electron chi connectivity index (χ1n) is 6.27. The van der Waals surface area contributed by atoms with E-state index in [9.17, 15) is 0 Å². The van der Waals surface area contributed by atoms with E-state index < -0.39 is 0 Å². The lowest BCUT2D eigenvalue weighted by Gasteiger charge is -2.22. The van der Waals surface area contributed by atoms with Crippen LogP contribution in [0.1, 0.15) is 25.5 Å². The molecule has 2 rings (SSSR count). The van der Waals surface area contributed by atoms with Crippen LogP contribution in [0.4, 0.5) is 5.82 Å². The smallest absolute Gasteiger partial charge is 0.126 e. The number of aromatic nitrogens is 1. The van der Waals surface area contributed by atoms with Gasteiger partial charge in [-0.05, 0) is 31.9 Å². The average molecular weight is 236 g/mol. The summed E-state index contributed by atoms with van der Waals surface area (Å²) in [6.45, 7) is 5.17. The van der Waals surface area contributed by atoms with Gasteiger partial charge < -0.3 is 14.8 Å². The molecule has 0 unspecified atom stereocenters. The lowest BCUT2D eigenvalue weighted by atomic mass is 10.1. The third kappa shape index (κ3) is 3.98. The van der Waals surface area contributed by atoms with Gasteiger partial charge in [-0.1, -0.05) is 6.07 Å². The lowest BCUT2D eigenvalue weighted by Crippen LogP contribution is -2.23. The normalized spacial score (nSPS) is 17.0. The van der Waals surface area contributed by atoms with Gasteiger partial charge in [0.25, 0.3) is 0 Å². The van der Waals surface area contributed by atoms with Gasteiger partial charge in [0.15, 0.2) is 0 Å². The number of nitrogens with zero attached hydrogens (tertiary/aromatic N) is 1. The summed E-state index contributed by atoms with van der Waals surface area (Å²) in [7, 11) is 0. The summed E-state index contributed by atoms with van der Waals surface area (Å²) >= 11 is 0. The van der Waals surface area contributed by atoms with Crippen molar-refractivity contribution in [3.05, 3.63) is 23.9 Å². The molecule has 0 bridgehead atoms. The van der Waals surface area contributed by atoms with Crippen LogP contribution in [-0.2, 0) is 16.1 Å². The number of anilines is 1. The number of pyridine rings is 1. The maximum absolute atomic E-state index is 5.83. The van der Waals surface area contributed by atoms with Crippen LogP contribution >= 0.6 is 0 Å². The van der Waals surface area contributed by atoms with E-state index in [-0.39, 0.29) is 0 Å². The van der Waals surface area contributed by atoms with Crippen LogP contribution in [0.3, 0.4) is 0 Å². The van der Waals surface area contributed by atoms with E-state index in [0.29, 0.717) is 12.7 Å². The molecule has 1 aliphatic heterocycles. The molecule has 1 aliphatic rings. The number of nitrogens with one attached hydrogen (secondary N) is 1. The first-order chi connectivity index (χ1) is 8.38. The van der Waals surface area contributed by atoms with Gasteiger partial charge >= 0.3 is 0 Å². The van der Waals surface area contributed by atoms with E-state index in [4.69, 9.17) is 9.47 Å². The van der Waals surface area contributed by atoms with Crippen molar-refractivity contribution < 1.29 is 9.47 Å². The van der Waals surface area contributed by atoms with Crippen LogP contribution in [0.2, 0.25) is 0 Å². The molecular formula is C13H20N2O2. The summed E-state index contributed by atoms with van der Waals surface area (Å²) in [4.78, 5) is 4.48. The summed E-state index contributed by atoms with van der Waals surface area (Å²) in [5.41, 5.74) is 0.981. The molecule has 1 saturated heterocycles. The molecule has 1 aromatic rings. The Morgan fingerprint density at radius 3 is 3.00 bits per heavy atom. The van der Waals surface area contributed by atoms with Crippen LogP contribution < -0.4 is 5.32 Å². The van der Waals surface area contributed by atoms with Gasteiger partial charge in [0.05, 0.1) is 18.4 Å². The summed E-state index contributed by atoms with van der Waals surface area (Å²) in [5.74, 6) is 0.917. The zero-order chi connectivity index (χ0) is 11.9. The van der Waals surface area contributed by atoms with Crippen molar-refractivity contribution in [2.45, 2.75) is 32.5 Å². The average Bonchev–Trinajstić information content (AvgIpc) is 2.39. The molecule has 0 aromatic carbocycles. The summed E-state index contributed by atoms with van der Waals surface area (Å²) in [5, 5.41) is 3.20. The van der Waals surface area contributed by atoms with E-state index in [1.54, 1.807) is 0 Å². The van der Waals surface area contributed by atoms with E-state index >= 15 is 0 Å². The van der Waals surface area contributed by atoms with E-state index in [1.165, 1.54) is 0 Å². The van der Waals surface area contributed by atoms with Gasteiger partial charge in [-0.2, -0.15) is 0 Å². The minimum absolute atomic E-state index is 0.327. The molecule has 0 spiro atoms. The Labute approximate surface area is 102 Å². The summed E-state index contributed by atoms with van der Waals surface area (Å²) < 4.78 is 11.1. The van der Waals surface area contributed by atoms with E-state index in [2.05, 4.69) is 17.2 Å². The van der Waals surface area contributed by atoms with Gasteiger partial charge in [0.1, 0.15) is 5.82 Å². The number of rotatable bonds is 5. The second kappa shape index (κ2) is 6.57. The van der Waals surface area contributed by atoms with Crippen LogP contribution in [0, 0.1) is 0 Å². The first kappa shape index (κ1) is 12.3. The Kier molecular flexibility index (Phi) is 4.76. The molecule has 2 heterocycles. The zero-order valence-electron chi connectivity index (χ0n) is 10.3. The van der Waals surface area contributed by atoms with Crippen LogP contribution in [0.5, 0.6) is 0 Å². The van der Waals surface area contributed by atoms with Gasteiger partial charge in [-0.3, -0.25) is 0 Å². The predicted molar refractivity (Wildman–Crippen MR) is 67.0 cm³/mol. The quantitative estimate of drug-likeness (QED) is 0.851. The van der Waals surface area contributed by atoms with Crippen molar-refractivity contribution in [3.63, 3.8) is 0 Å². The van der Waals surface area contributed by atoms with Crippen molar-refractivity contribution in [3.8, 4) is 0 Å². The minimum atomic E-state index is 0.327. The lowest BCUT2D eigenvalue weighted by molar-refractivity contribution is -0.0399. The standard InChI is InChI=1S/C13H20N2O2/c1-2-14-13-5-3-4-11(15-13)10-17-12-6-8-16-9-7-12/h3-5,12H,2,6-10H2,1H3,(H,14,15). The van der Waals surface area contributed by atoms with Crippen LogP contribution in [-0.4, -0.2) is 30.8 Å². The fourth-order valence-electron chi connectivity index (χ4n) is 1.89. The third-order valence-corrected chi connectivity index (χ3v) is 2.80. The highest BCUT2D eigenvalue weighted by atomic mass is 16.5. The molecule has 17 heavy (non-hydrogen) atoms. The Morgan fingerprint density at radius 2 is 2.24 bits per heavy atom. The molecule has 0 atom stereocenters. The maximum Gasteiger partial charge on any atom is 0.126 e. The largest absolute Gasteiger partial charge is 0.381 e. The first-order valence-corrected chi connectivity index (χ1v) is 6.27. The predicted octanol–water partition coefficient (Wildman–Crippen LogP) is 2.21. The minimum Gasteiger partial charge on any atom is -0.381 e. The highest BCUT2D eigenvalue weighted by Crippen LogP contribution is 2.13. The van der Waals surface area contributed by atoms with Gasteiger partial charge in [0, 0.05) is 19.8 Å². The maximum atomic E-state index is 5.83. The van der Waals surface area contributed by atoms with Crippen molar-refractivity contribution in [1.82, 2.24) is 4.98 Å². The molecule has 0 radical (unpaired) electrons. The third-order valence-electron chi connectivity index (χ3n) is 2.80. The van der Waals surface area contributed by atoms with Crippen molar-refractivity contribution >= 4 is 5.82 Å². The Hall–Kier alpha value is -1.13. The molecule has 94 valence electrons. The fourth-order valence-corrected chi connectivity index (χ4v) is 1.89. The number of ether oxygens (including phenoxy) is 2. The molecule has 0 saturated carbocycles. The van der Waals surface area contributed by atoms with Gasteiger partial charge in [0.2, 0.25) is 0 Å². The van der Waals surface area contributed by atoms with E-state index in [1.807, 2.05) is 18.2 Å². The monoisotopic (exact) mass is 236 g/mol. The van der Waals surface area contributed by atoms with Crippen molar-refractivity contribution in [2.75, 3.05) is 25.1 Å². The molecular weight excluding hydrogens is 216 g/mol. The molecule has 0 aliphatic carbocycles. The van der Waals surface area contributed by atoms with Crippen LogP contribution in [0.15, 0.2) is 18.2 Å². The second-order valence-electron chi connectivity index (χ2n) is 4.17. The topological polar surface area (TPSA) is 43.4 Å². The Balaban J connectivity index is 1.83. The fraction of sp³-hybridized carbons (Fsp3) is 0.615. The highest BCUT2D eigenvalue weighted by molar-refractivity contribution is 5.34. The summed E-state index contributed by atoms with van der Waals surface area (Å²) in [6.07, 6.45) is 2.31. The van der Waals surface area contributed by atoms with E-state index in [0.717, 1.165) is 44.1 Å². The molecule has 1 aromatic heterocycles. The molecule has 4 heteroatoms. The van der Waals surface area contributed by atoms with Gasteiger partial charge in [-0.25, -0.2) is 4.98 Å². The van der Waals surface area contributed by atoms with Gasteiger partial charge in [-0.15, -0.1) is 0 Å². The molecule has 1 N–H and O–H groups in total. The highest BCUT2D eigenvalue weighted by Gasteiger charge is 2.14. The zero-order valence-corrected chi connectivity index (χ0v) is 10.3. The Bertz CT molecular complexity index is 338. The number of hydrogen-bond donors (Lipinski definition) is 1. The summed E-state index contributed by atoms with van der Waals surface area (Å²) in [6, 6.07) is 5.98. The molecule has 1 fully saturated rings. The van der Waals surface area contributed by atoms with Crippen molar-refractivity contribution in [1.29, 1.82) is 0 Å². The molecule has 0 amide bonds. The SMILES string of the molecule is CCNc1cccc(COC2CCOCC2)n1.